The third kappa shape index (κ3) is 2.87. The molecule has 0 aliphatic heterocycles. The Morgan fingerprint density at radius 1 is 0.952 bits per heavy atom. The highest BCUT2D eigenvalue weighted by molar-refractivity contribution is 5.57. The Labute approximate surface area is 124 Å². The van der Waals surface area contributed by atoms with Crippen LogP contribution in [-0.2, 0) is 5.41 Å². The zero-order valence-corrected chi connectivity index (χ0v) is 12.3. The fourth-order valence-corrected chi connectivity index (χ4v) is 2.04. The monoisotopic (exact) mass is 276 g/mol. The van der Waals surface area contributed by atoms with Crippen LogP contribution in [0.1, 0.15) is 26.3 Å². The normalized spacial score (nSPS) is 11.6. The van der Waals surface area contributed by atoms with Gasteiger partial charge in [0.15, 0.2) is 0 Å². The van der Waals surface area contributed by atoms with Gasteiger partial charge in [0.2, 0.25) is 11.8 Å². The van der Waals surface area contributed by atoms with E-state index in [4.69, 9.17) is 4.42 Å². The topological polar surface area (TPSA) is 38.9 Å². The average Bonchev–Trinajstić information content (AvgIpc) is 2.97. The van der Waals surface area contributed by atoms with Gasteiger partial charge in [0.1, 0.15) is 0 Å². The van der Waals surface area contributed by atoms with Crippen LogP contribution >= 0.6 is 0 Å². The Bertz CT molecular complexity index is 722. The number of benzene rings is 2. The van der Waals surface area contributed by atoms with Crippen molar-refractivity contribution >= 4 is 0 Å². The third-order valence-electron chi connectivity index (χ3n) is 3.30. The summed E-state index contributed by atoms with van der Waals surface area (Å²) in [7, 11) is 0. The molecular weight excluding hydrogens is 260 g/mol. The van der Waals surface area contributed by atoms with Crippen molar-refractivity contribution in [1.82, 2.24) is 10.2 Å². The van der Waals surface area contributed by atoms with E-state index in [0.29, 0.717) is 11.8 Å². The highest BCUT2D eigenvalue weighted by atomic mass is 16.4. The van der Waals surface area contributed by atoms with Crippen LogP contribution in [0.3, 0.4) is 0 Å². The van der Waals surface area contributed by atoms with Gasteiger partial charge < -0.3 is 4.42 Å². The molecule has 0 aliphatic carbocycles. The van der Waals surface area contributed by atoms with E-state index in [1.54, 1.807) is 18.2 Å². The van der Waals surface area contributed by atoms with E-state index in [2.05, 4.69) is 55.2 Å². The molecule has 0 spiro atoms. The van der Waals surface area contributed by atoms with Crippen LogP contribution in [0, 0.1) is 12.1 Å². The van der Waals surface area contributed by atoms with Crippen molar-refractivity contribution in [3.05, 3.63) is 60.2 Å². The Kier molecular flexibility index (Phi) is 3.34. The van der Waals surface area contributed by atoms with E-state index in [9.17, 15) is 0 Å². The molecule has 1 heterocycles. The summed E-state index contributed by atoms with van der Waals surface area (Å²) in [6.07, 6.45) is 0. The maximum absolute atomic E-state index is 5.71. The molecule has 3 nitrogen and oxygen atoms in total. The minimum Gasteiger partial charge on any atom is -0.416 e. The quantitative estimate of drug-likeness (QED) is 0.700. The molecular formula is C18H16N2O. The van der Waals surface area contributed by atoms with E-state index in [0.717, 1.165) is 11.1 Å². The van der Waals surface area contributed by atoms with Gasteiger partial charge in [0.05, 0.1) is 0 Å². The first-order valence-corrected chi connectivity index (χ1v) is 6.86. The highest BCUT2D eigenvalue weighted by Crippen LogP contribution is 2.27. The summed E-state index contributed by atoms with van der Waals surface area (Å²) in [5.74, 6) is 0.976. The zero-order valence-electron chi connectivity index (χ0n) is 12.3. The van der Waals surface area contributed by atoms with Gasteiger partial charge in [-0.2, -0.15) is 0 Å². The Morgan fingerprint density at radius 3 is 2.29 bits per heavy atom. The van der Waals surface area contributed by atoms with E-state index >= 15 is 0 Å². The SMILES string of the molecule is CC(C)(C)c1ccc(-c2nnc(-c3[c]cc[c]c3)o2)cc1. The standard InChI is InChI=1S/C18H16N2O/c1-18(2,3)15-11-9-14(10-12-15)17-20-19-16(21-17)13-7-5-4-6-8-13/h4-5,8-12H,1-3H3. The van der Waals surface area contributed by atoms with Crippen LogP contribution in [0.25, 0.3) is 22.9 Å². The minimum atomic E-state index is 0.132. The minimum absolute atomic E-state index is 0.132. The van der Waals surface area contributed by atoms with Gasteiger partial charge in [-0.1, -0.05) is 45.0 Å². The van der Waals surface area contributed by atoms with E-state index in [1.165, 1.54) is 5.56 Å². The summed E-state index contributed by atoms with van der Waals surface area (Å²) < 4.78 is 5.71. The van der Waals surface area contributed by atoms with Gasteiger partial charge in [-0.3, -0.25) is 0 Å². The molecule has 21 heavy (non-hydrogen) atoms. The maximum Gasteiger partial charge on any atom is 0.248 e. The summed E-state index contributed by atoms with van der Waals surface area (Å²) >= 11 is 0. The lowest BCUT2D eigenvalue weighted by Crippen LogP contribution is -2.10. The molecule has 0 fully saturated rings. The highest BCUT2D eigenvalue weighted by Gasteiger charge is 2.15. The summed E-state index contributed by atoms with van der Waals surface area (Å²) in [6.45, 7) is 6.57. The summed E-state index contributed by atoms with van der Waals surface area (Å²) in [6, 6.07) is 19.6. The molecule has 0 amide bonds. The van der Waals surface area contributed by atoms with E-state index in [-0.39, 0.29) is 5.41 Å². The fraction of sp³-hybridized carbons (Fsp3) is 0.222. The molecule has 2 aromatic carbocycles. The van der Waals surface area contributed by atoms with Crippen molar-refractivity contribution in [1.29, 1.82) is 0 Å². The second-order valence-corrected chi connectivity index (χ2v) is 5.94. The number of aromatic nitrogens is 2. The van der Waals surface area contributed by atoms with Crippen LogP contribution < -0.4 is 0 Å². The van der Waals surface area contributed by atoms with Gasteiger partial charge in [0.25, 0.3) is 0 Å². The molecule has 0 aliphatic rings. The molecule has 0 atom stereocenters. The molecule has 3 aromatic rings. The summed E-state index contributed by atoms with van der Waals surface area (Å²) in [5, 5.41) is 8.17. The third-order valence-corrected chi connectivity index (χ3v) is 3.30. The second-order valence-electron chi connectivity index (χ2n) is 5.94. The molecule has 2 radical (unpaired) electrons. The smallest absolute Gasteiger partial charge is 0.248 e. The first-order valence-electron chi connectivity index (χ1n) is 6.86. The molecule has 0 unspecified atom stereocenters. The fourth-order valence-electron chi connectivity index (χ4n) is 2.04. The maximum atomic E-state index is 5.71. The molecule has 0 saturated carbocycles. The van der Waals surface area contributed by atoms with Crippen LogP contribution in [0.4, 0.5) is 0 Å². The molecule has 0 saturated heterocycles. The van der Waals surface area contributed by atoms with E-state index < -0.39 is 0 Å². The second kappa shape index (κ2) is 5.17. The van der Waals surface area contributed by atoms with Crippen LogP contribution in [0.2, 0.25) is 0 Å². The van der Waals surface area contributed by atoms with Gasteiger partial charge in [-0.05, 0) is 41.3 Å². The Hall–Kier alpha value is -2.42. The first-order chi connectivity index (χ1) is 10.0. The molecule has 0 N–H and O–H groups in total. The Balaban J connectivity index is 1.90. The number of nitrogens with zero attached hydrogens (tertiary/aromatic N) is 2. The average molecular weight is 276 g/mol. The largest absolute Gasteiger partial charge is 0.416 e. The van der Waals surface area contributed by atoms with Crippen molar-refractivity contribution in [3.63, 3.8) is 0 Å². The van der Waals surface area contributed by atoms with Crippen molar-refractivity contribution in [2.75, 3.05) is 0 Å². The van der Waals surface area contributed by atoms with Gasteiger partial charge in [-0.25, -0.2) is 0 Å². The predicted molar refractivity (Wildman–Crippen MR) is 81.5 cm³/mol. The van der Waals surface area contributed by atoms with Crippen molar-refractivity contribution in [3.8, 4) is 22.9 Å². The van der Waals surface area contributed by atoms with Crippen LogP contribution in [-0.4, -0.2) is 10.2 Å². The molecule has 104 valence electrons. The van der Waals surface area contributed by atoms with Crippen LogP contribution in [0.15, 0.2) is 46.9 Å². The van der Waals surface area contributed by atoms with Crippen molar-refractivity contribution < 1.29 is 4.42 Å². The van der Waals surface area contributed by atoms with Crippen molar-refractivity contribution in [2.45, 2.75) is 26.2 Å². The van der Waals surface area contributed by atoms with Gasteiger partial charge >= 0.3 is 0 Å². The molecule has 3 rings (SSSR count). The summed E-state index contributed by atoms with van der Waals surface area (Å²) in [5.41, 5.74) is 3.08. The first kappa shape index (κ1) is 13.6. The van der Waals surface area contributed by atoms with Gasteiger partial charge in [0, 0.05) is 11.1 Å². The summed E-state index contributed by atoms with van der Waals surface area (Å²) in [4.78, 5) is 0. The lowest BCUT2D eigenvalue weighted by molar-refractivity contribution is 0.582. The lowest BCUT2D eigenvalue weighted by atomic mass is 9.87. The number of rotatable bonds is 2. The molecule has 1 aromatic heterocycles. The number of hydrogen-bond acceptors (Lipinski definition) is 3. The Morgan fingerprint density at radius 2 is 1.67 bits per heavy atom. The number of hydrogen-bond donors (Lipinski definition) is 0. The molecule has 3 heteroatoms. The lowest BCUT2D eigenvalue weighted by Gasteiger charge is -2.18. The molecule has 0 bridgehead atoms. The predicted octanol–water partition coefficient (Wildman–Crippen LogP) is 4.30. The van der Waals surface area contributed by atoms with Gasteiger partial charge in [-0.15, -0.1) is 10.2 Å². The van der Waals surface area contributed by atoms with E-state index in [1.807, 2.05) is 12.1 Å². The zero-order chi connectivity index (χ0) is 14.9. The van der Waals surface area contributed by atoms with Crippen LogP contribution in [0.5, 0.6) is 0 Å². The van der Waals surface area contributed by atoms with Crippen molar-refractivity contribution in [2.24, 2.45) is 0 Å².